The molecule has 0 spiro atoms. The summed E-state index contributed by atoms with van der Waals surface area (Å²) in [6, 6.07) is 9.59. The van der Waals surface area contributed by atoms with Crippen LogP contribution in [0.1, 0.15) is 29.8 Å². The number of benzene rings is 1. The first kappa shape index (κ1) is 13.2. The van der Waals surface area contributed by atoms with E-state index in [9.17, 15) is 9.18 Å². The summed E-state index contributed by atoms with van der Waals surface area (Å²) in [5.74, 6) is -0.964. The second kappa shape index (κ2) is 5.18. The fraction of sp³-hybridized carbons (Fsp3) is 0.200. The zero-order chi connectivity index (χ0) is 13.9. The third-order valence-electron chi connectivity index (χ3n) is 2.93. The number of hydrogen-bond acceptors (Lipinski definition) is 2. The predicted molar refractivity (Wildman–Crippen MR) is 71.1 cm³/mol. The highest BCUT2D eigenvalue weighted by atomic mass is 19.1. The summed E-state index contributed by atoms with van der Waals surface area (Å²) >= 11 is 0. The molecule has 0 unspecified atom stereocenters. The third kappa shape index (κ3) is 2.96. The Bertz CT molecular complexity index is 582. The van der Waals surface area contributed by atoms with Crippen LogP contribution < -0.4 is 5.32 Å². The van der Waals surface area contributed by atoms with E-state index in [0.717, 1.165) is 5.56 Å². The monoisotopic (exact) mass is 258 g/mol. The van der Waals surface area contributed by atoms with Gasteiger partial charge in [0.2, 0.25) is 0 Å². The van der Waals surface area contributed by atoms with Crippen LogP contribution in [0.2, 0.25) is 0 Å². The molecule has 0 radical (unpaired) electrons. The number of carbonyl (C=O) groups is 1. The van der Waals surface area contributed by atoms with E-state index in [2.05, 4.69) is 10.3 Å². The van der Waals surface area contributed by atoms with Gasteiger partial charge in [-0.25, -0.2) is 4.39 Å². The number of aromatic nitrogens is 1. The Hall–Kier alpha value is -2.23. The number of nitrogens with one attached hydrogen (secondary N) is 1. The molecule has 0 saturated carbocycles. The molecule has 19 heavy (non-hydrogen) atoms. The lowest BCUT2D eigenvalue weighted by molar-refractivity contribution is 0.0908. The lowest BCUT2D eigenvalue weighted by Crippen LogP contribution is -2.41. The van der Waals surface area contributed by atoms with Crippen molar-refractivity contribution in [3.8, 4) is 0 Å². The normalized spacial score (nSPS) is 11.1. The molecule has 3 nitrogen and oxygen atoms in total. The van der Waals surface area contributed by atoms with Crippen LogP contribution in [0.4, 0.5) is 4.39 Å². The number of halogens is 1. The molecular formula is C15H15FN2O. The van der Waals surface area contributed by atoms with Crippen LogP contribution in [-0.4, -0.2) is 10.9 Å². The van der Waals surface area contributed by atoms with Crippen molar-refractivity contribution in [3.63, 3.8) is 0 Å². The average molecular weight is 258 g/mol. The zero-order valence-electron chi connectivity index (χ0n) is 10.9. The minimum atomic E-state index is -0.617. The highest BCUT2D eigenvalue weighted by Crippen LogP contribution is 2.19. The summed E-state index contributed by atoms with van der Waals surface area (Å²) in [5.41, 5.74) is 0.285. The molecule has 2 aromatic rings. The molecule has 1 amide bonds. The molecule has 4 heteroatoms. The molecule has 1 aromatic heterocycles. The Morgan fingerprint density at radius 1 is 1.21 bits per heavy atom. The van der Waals surface area contributed by atoms with Crippen LogP contribution in [0.25, 0.3) is 0 Å². The molecule has 0 saturated heterocycles. The Kier molecular flexibility index (Phi) is 3.60. The molecule has 2 rings (SSSR count). The Morgan fingerprint density at radius 3 is 2.58 bits per heavy atom. The predicted octanol–water partition coefficient (Wildman–Crippen LogP) is 2.89. The maximum Gasteiger partial charge on any atom is 0.254 e. The lowest BCUT2D eigenvalue weighted by atomic mass is 9.95. The molecule has 0 aliphatic heterocycles. The highest BCUT2D eigenvalue weighted by molar-refractivity contribution is 5.94. The highest BCUT2D eigenvalue weighted by Gasteiger charge is 2.24. The molecule has 0 atom stereocenters. The van der Waals surface area contributed by atoms with Crippen molar-refractivity contribution < 1.29 is 9.18 Å². The number of nitrogens with zero attached hydrogens (tertiary/aromatic N) is 1. The van der Waals surface area contributed by atoms with Gasteiger partial charge in [0.25, 0.3) is 5.91 Å². The number of pyridine rings is 1. The second-order valence-corrected chi connectivity index (χ2v) is 4.80. The van der Waals surface area contributed by atoms with Gasteiger partial charge in [-0.15, -0.1) is 0 Å². The summed E-state index contributed by atoms with van der Waals surface area (Å²) in [7, 11) is 0. The largest absolute Gasteiger partial charge is 0.343 e. The third-order valence-corrected chi connectivity index (χ3v) is 2.93. The van der Waals surface area contributed by atoms with Crippen molar-refractivity contribution in [1.29, 1.82) is 0 Å². The van der Waals surface area contributed by atoms with Crippen molar-refractivity contribution in [1.82, 2.24) is 10.3 Å². The van der Waals surface area contributed by atoms with Gasteiger partial charge in [0.05, 0.1) is 11.1 Å². The maximum atomic E-state index is 13.5. The van der Waals surface area contributed by atoms with Crippen LogP contribution in [0, 0.1) is 5.82 Å². The van der Waals surface area contributed by atoms with Crippen molar-refractivity contribution in [2.45, 2.75) is 19.4 Å². The quantitative estimate of drug-likeness (QED) is 0.919. The fourth-order valence-corrected chi connectivity index (χ4v) is 1.80. The molecule has 0 aliphatic rings. The summed E-state index contributed by atoms with van der Waals surface area (Å²) in [6.45, 7) is 3.70. The van der Waals surface area contributed by atoms with E-state index >= 15 is 0 Å². The summed E-state index contributed by atoms with van der Waals surface area (Å²) in [6.07, 6.45) is 3.35. The van der Waals surface area contributed by atoms with Crippen molar-refractivity contribution in [3.05, 3.63) is 65.7 Å². The number of hydrogen-bond donors (Lipinski definition) is 1. The van der Waals surface area contributed by atoms with Crippen molar-refractivity contribution in [2.75, 3.05) is 0 Å². The standard InChI is InChI=1S/C15H15FN2O/c1-15(2,11-6-5-9-17-10-11)18-14(19)12-7-3-4-8-13(12)16/h3-10H,1-2H3,(H,18,19). The molecule has 0 bridgehead atoms. The molecule has 98 valence electrons. The van der Waals surface area contributed by atoms with Gasteiger partial charge >= 0.3 is 0 Å². The molecule has 0 aliphatic carbocycles. The van der Waals surface area contributed by atoms with Crippen molar-refractivity contribution in [2.24, 2.45) is 0 Å². The van der Waals surface area contributed by atoms with Gasteiger partial charge in [-0.05, 0) is 37.6 Å². The molecule has 1 aromatic carbocycles. The van der Waals surface area contributed by atoms with E-state index in [1.165, 1.54) is 12.1 Å². The Balaban J connectivity index is 2.22. The number of rotatable bonds is 3. The van der Waals surface area contributed by atoms with Gasteiger partial charge in [-0.3, -0.25) is 9.78 Å². The van der Waals surface area contributed by atoms with Gasteiger partial charge in [-0.1, -0.05) is 18.2 Å². The van der Waals surface area contributed by atoms with Crippen LogP contribution in [0.15, 0.2) is 48.8 Å². The van der Waals surface area contributed by atoms with Crippen LogP contribution >= 0.6 is 0 Å². The minimum Gasteiger partial charge on any atom is -0.343 e. The van der Waals surface area contributed by atoms with Crippen molar-refractivity contribution >= 4 is 5.91 Å². The minimum absolute atomic E-state index is 0.0412. The zero-order valence-corrected chi connectivity index (χ0v) is 10.9. The first-order chi connectivity index (χ1) is 9.00. The molecule has 0 fully saturated rings. The van der Waals surface area contributed by atoms with E-state index in [-0.39, 0.29) is 5.56 Å². The van der Waals surface area contributed by atoms with E-state index in [1.807, 2.05) is 19.9 Å². The summed E-state index contributed by atoms with van der Waals surface area (Å²) in [5, 5.41) is 2.81. The van der Waals surface area contributed by atoms with Gasteiger partial charge < -0.3 is 5.32 Å². The smallest absolute Gasteiger partial charge is 0.254 e. The maximum absolute atomic E-state index is 13.5. The van der Waals surface area contributed by atoms with Crippen LogP contribution in [-0.2, 0) is 5.54 Å². The Labute approximate surface area is 111 Å². The first-order valence-electron chi connectivity index (χ1n) is 5.98. The first-order valence-corrected chi connectivity index (χ1v) is 5.98. The summed E-state index contributed by atoms with van der Waals surface area (Å²) < 4.78 is 13.5. The number of amides is 1. The van der Waals surface area contributed by atoms with Crippen LogP contribution in [0.3, 0.4) is 0 Å². The van der Waals surface area contributed by atoms with Gasteiger partial charge in [-0.2, -0.15) is 0 Å². The lowest BCUT2D eigenvalue weighted by Gasteiger charge is -2.26. The fourth-order valence-electron chi connectivity index (χ4n) is 1.80. The number of carbonyl (C=O) groups excluding carboxylic acids is 1. The van der Waals surface area contributed by atoms with Gasteiger partial charge in [0.15, 0.2) is 0 Å². The molecule has 1 heterocycles. The van der Waals surface area contributed by atoms with Crippen LogP contribution in [0.5, 0.6) is 0 Å². The average Bonchev–Trinajstić information content (AvgIpc) is 2.39. The SMILES string of the molecule is CC(C)(NC(=O)c1ccccc1F)c1cccnc1. The van der Waals surface area contributed by atoms with Gasteiger partial charge in [0, 0.05) is 12.4 Å². The summed E-state index contributed by atoms with van der Waals surface area (Å²) in [4.78, 5) is 16.1. The van der Waals surface area contributed by atoms with E-state index in [1.54, 1.807) is 30.6 Å². The topological polar surface area (TPSA) is 42.0 Å². The molecular weight excluding hydrogens is 243 g/mol. The van der Waals surface area contributed by atoms with E-state index in [4.69, 9.17) is 0 Å². The Morgan fingerprint density at radius 2 is 1.95 bits per heavy atom. The molecule has 1 N–H and O–H groups in total. The second-order valence-electron chi connectivity index (χ2n) is 4.80. The van der Waals surface area contributed by atoms with Gasteiger partial charge in [0.1, 0.15) is 5.82 Å². The van der Waals surface area contributed by atoms with E-state index < -0.39 is 17.3 Å². The van der Waals surface area contributed by atoms with E-state index in [0.29, 0.717) is 0 Å².